The number of ether oxygens (including phenoxy) is 1. The summed E-state index contributed by atoms with van der Waals surface area (Å²) in [5.41, 5.74) is 3.61. The van der Waals surface area contributed by atoms with Crippen molar-refractivity contribution in [2.24, 2.45) is 0 Å². The lowest BCUT2D eigenvalue weighted by Gasteiger charge is -2.11. The van der Waals surface area contributed by atoms with Crippen molar-refractivity contribution in [3.8, 4) is 5.75 Å². The number of halogens is 1. The minimum absolute atomic E-state index is 0.187. The summed E-state index contributed by atoms with van der Waals surface area (Å²) >= 11 is 11.4. The second-order valence-corrected chi connectivity index (χ2v) is 9.66. The third-order valence-electron chi connectivity index (χ3n) is 4.55. The molecular weight excluding hydrogens is 438 g/mol. The molecule has 0 fully saturated rings. The normalized spacial score (nSPS) is 11.2. The fraction of sp³-hybridized carbons (Fsp3) is 0.174. The lowest BCUT2D eigenvalue weighted by Crippen LogP contribution is -2.13. The van der Waals surface area contributed by atoms with Gasteiger partial charge in [-0.15, -0.1) is 0 Å². The molecule has 0 aliphatic carbocycles. The molecule has 0 aliphatic rings. The van der Waals surface area contributed by atoms with Gasteiger partial charge in [-0.05, 0) is 60.5 Å². The number of hydrogen-bond donors (Lipinski definition) is 1. The molecule has 0 aromatic heterocycles. The molecule has 3 rings (SSSR count). The van der Waals surface area contributed by atoms with E-state index in [1.807, 2.05) is 19.1 Å². The quantitative estimate of drug-likeness (QED) is 0.444. The summed E-state index contributed by atoms with van der Waals surface area (Å²) < 4.78 is 33.1. The fourth-order valence-electron chi connectivity index (χ4n) is 3.07. The van der Waals surface area contributed by atoms with Crippen molar-refractivity contribution >= 4 is 44.4 Å². The zero-order valence-corrected chi connectivity index (χ0v) is 19.1. The van der Waals surface area contributed by atoms with Crippen molar-refractivity contribution in [2.45, 2.75) is 24.7 Å². The van der Waals surface area contributed by atoms with Gasteiger partial charge in [0.05, 0.1) is 12.0 Å². The Balaban J connectivity index is 1.67. The lowest BCUT2D eigenvalue weighted by molar-refractivity contribution is 0.411. The Kier molecular flexibility index (Phi) is 7.13. The molecule has 3 aromatic rings. The summed E-state index contributed by atoms with van der Waals surface area (Å²) in [4.78, 5) is 1.04. The minimum Gasteiger partial charge on any atom is -0.496 e. The molecule has 156 valence electrons. The smallest absolute Gasteiger partial charge is 0.261 e. The van der Waals surface area contributed by atoms with Crippen LogP contribution in [0.25, 0.3) is 0 Å². The number of benzene rings is 3. The zero-order valence-electron chi connectivity index (χ0n) is 16.7. The molecule has 0 radical (unpaired) electrons. The number of anilines is 1. The van der Waals surface area contributed by atoms with Gasteiger partial charge < -0.3 is 4.74 Å². The van der Waals surface area contributed by atoms with Gasteiger partial charge in [0.25, 0.3) is 10.0 Å². The number of rotatable bonds is 8. The first-order chi connectivity index (χ1) is 14.3. The fourth-order valence-corrected chi connectivity index (χ4v) is 4.57. The van der Waals surface area contributed by atoms with Gasteiger partial charge >= 0.3 is 0 Å². The molecule has 0 unspecified atom stereocenters. The van der Waals surface area contributed by atoms with Crippen LogP contribution >= 0.6 is 23.8 Å². The van der Waals surface area contributed by atoms with Gasteiger partial charge in [-0.2, -0.15) is 0 Å². The number of sulfonamides is 1. The summed E-state index contributed by atoms with van der Waals surface area (Å²) in [5, 5.41) is 0.543. The van der Waals surface area contributed by atoms with E-state index in [0.29, 0.717) is 23.6 Å². The number of nitrogens with one attached hydrogen (secondary N) is 1. The predicted octanol–water partition coefficient (Wildman–Crippen LogP) is 5.61. The van der Waals surface area contributed by atoms with Crippen LogP contribution in [0.2, 0.25) is 5.02 Å². The van der Waals surface area contributed by atoms with Crippen LogP contribution in [0, 0.1) is 6.92 Å². The molecule has 0 spiro atoms. The molecule has 0 atom stereocenters. The van der Waals surface area contributed by atoms with Crippen LogP contribution in [-0.2, 0) is 22.9 Å². The Morgan fingerprint density at radius 1 is 1.00 bits per heavy atom. The summed E-state index contributed by atoms with van der Waals surface area (Å²) in [5.74, 6) is 0.817. The van der Waals surface area contributed by atoms with Gasteiger partial charge in [-0.1, -0.05) is 53.6 Å². The summed E-state index contributed by atoms with van der Waals surface area (Å²) in [6.45, 7) is 2.03. The van der Waals surface area contributed by atoms with Gasteiger partial charge in [0, 0.05) is 28.4 Å². The van der Waals surface area contributed by atoms with Crippen molar-refractivity contribution in [1.29, 1.82) is 0 Å². The first-order valence-corrected chi connectivity index (χ1v) is 11.6. The largest absolute Gasteiger partial charge is 0.496 e. The van der Waals surface area contributed by atoms with Crippen molar-refractivity contribution in [1.82, 2.24) is 0 Å². The maximum atomic E-state index is 12.6. The topological polar surface area (TPSA) is 55.4 Å². The molecule has 0 bridgehead atoms. The average Bonchev–Trinajstić information content (AvgIpc) is 2.70. The minimum atomic E-state index is -3.68. The number of methoxy groups -OCH3 is 1. The third-order valence-corrected chi connectivity index (χ3v) is 6.49. The van der Waals surface area contributed by atoms with Crippen LogP contribution in [-0.4, -0.2) is 20.4 Å². The van der Waals surface area contributed by atoms with E-state index in [9.17, 15) is 8.42 Å². The highest BCUT2D eigenvalue weighted by Crippen LogP contribution is 2.22. The molecular formula is C23H22ClNO3S2. The van der Waals surface area contributed by atoms with E-state index >= 15 is 0 Å². The van der Waals surface area contributed by atoms with Crippen LogP contribution < -0.4 is 9.46 Å². The second-order valence-electron chi connectivity index (χ2n) is 6.96. The average molecular weight is 460 g/mol. The second kappa shape index (κ2) is 9.60. The molecule has 0 amide bonds. The van der Waals surface area contributed by atoms with Gasteiger partial charge in [0.1, 0.15) is 5.75 Å². The number of thiocarbonyl (C=S) groups is 1. The van der Waals surface area contributed by atoms with Gasteiger partial charge in [-0.25, -0.2) is 8.42 Å². The van der Waals surface area contributed by atoms with E-state index in [1.54, 1.807) is 55.6 Å². The molecule has 30 heavy (non-hydrogen) atoms. The highest BCUT2D eigenvalue weighted by Gasteiger charge is 2.14. The van der Waals surface area contributed by atoms with Crippen LogP contribution in [0.4, 0.5) is 5.69 Å². The van der Waals surface area contributed by atoms with Crippen molar-refractivity contribution in [3.05, 3.63) is 88.4 Å². The van der Waals surface area contributed by atoms with Crippen LogP contribution in [0.3, 0.4) is 0 Å². The van der Waals surface area contributed by atoms with Crippen molar-refractivity contribution in [2.75, 3.05) is 11.8 Å². The maximum Gasteiger partial charge on any atom is 0.261 e. The Labute approximate surface area is 187 Å². The van der Waals surface area contributed by atoms with E-state index in [-0.39, 0.29) is 4.90 Å². The van der Waals surface area contributed by atoms with Crippen LogP contribution in [0.5, 0.6) is 5.75 Å². The molecule has 0 saturated carbocycles. The summed E-state index contributed by atoms with van der Waals surface area (Å²) in [6.07, 6.45) is 1.20. The predicted molar refractivity (Wildman–Crippen MR) is 126 cm³/mol. The van der Waals surface area contributed by atoms with Gasteiger partial charge in [0.2, 0.25) is 0 Å². The van der Waals surface area contributed by atoms with E-state index in [2.05, 4.69) is 10.8 Å². The Bertz CT molecular complexity index is 1140. The molecule has 0 heterocycles. The summed E-state index contributed by atoms with van der Waals surface area (Å²) in [7, 11) is -2.03. The molecule has 1 N–H and O–H groups in total. The first-order valence-electron chi connectivity index (χ1n) is 9.29. The molecule has 3 aromatic carbocycles. The Morgan fingerprint density at radius 3 is 2.30 bits per heavy atom. The SMILES string of the molecule is COc1ccc(C)cc1CC(=S)Cc1ccc(S(=O)(=O)Nc2ccc(Cl)cc2)cc1. The van der Waals surface area contributed by atoms with E-state index in [0.717, 1.165) is 27.3 Å². The summed E-state index contributed by atoms with van der Waals surface area (Å²) in [6, 6.07) is 19.3. The Morgan fingerprint density at radius 2 is 1.67 bits per heavy atom. The molecule has 0 aliphatic heterocycles. The Hall–Kier alpha value is -2.41. The maximum absolute atomic E-state index is 12.6. The van der Waals surface area contributed by atoms with Gasteiger partial charge in [-0.3, -0.25) is 4.72 Å². The standard InChI is InChI=1S/C23H22ClNO3S2/c1-16-3-12-23(28-2)18(13-16)15-21(29)14-17-4-10-22(11-5-17)30(26,27)25-20-8-6-19(24)7-9-20/h3-13,25H,14-15H2,1-2H3. The lowest BCUT2D eigenvalue weighted by atomic mass is 10.0. The van der Waals surface area contributed by atoms with Crippen LogP contribution in [0.1, 0.15) is 16.7 Å². The number of aryl methyl sites for hydroxylation is 1. The molecule has 7 heteroatoms. The molecule has 4 nitrogen and oxygen atoms in total. The van der Waals surface area contributed by atoms with Crippen LogP contribution in [0.15, 0.2) is 71.6 Å². The first kappa shape index (κ1) is 22.3. The zero-order chi connectivity index (χ0) is 21.7. The highest BCUT2D eigenvalue weighted by atomic mass is 35.5. The van der Waals surface area contributed by atoms with E-state index < -0.39 is 10.0 Å². The van der Waals surface area contributed by atoms with E-state index in [1.165, 1.54) is 0 Å². The van der Waals surface area contributed by atoms with E-state index in [4.69, 9.17) is 28.6 Å². The highest BCUT2D eigenvalue weighted by molar-refractivity contribution is 7.92. The van der Waals surface area contributed by atoms with Crippen molar-refractivity contribution in [3.63, 3.8) is 0 Å². The third kappa shape index (κ3) is 5.81. The monoisotopic (exact) mass is 459 g/mol. The van der Waals surface area contributed by atoms with Crippen molar-refractivity contribution < 1.29 is 13.2 Å². The number of hydrogen-bond acceptors (Lipinski definition) is 4. The molecule has 0 saturated heterocycles. The van der Waals surface area contributed by atoms with Gasteiger partial charge in [0.15, 0.2) is 0 Å².